The van der Waals surface area contributed by atoms with Crippen LogP contribution in [0.4, 0.5) is 0 Å². The van der Waals surface area contributed by atoms with Crippen molar-refractivity contribution in [3.05, 3.63) is 99.6 Å². The summed E-state index contributed by atoms with van der Waals surface area (Å²) in [4.78, 5) is 0. The van der Waals surface area contributed by atoms with Gasteiger partial charge in [0.05, 0.1) is 7.11 Å². The van der Waals surface area contributed by atoms with Crippen LogP contribution in [0.25, 0.3) is 65.0 Å². The Morgan fingerprint density at radius 1 is 0.512 bits per heavy atom. The summed E-state index contributed by atoms with van der Waals surface area (Å²) in [6.45, 7) is 13.8. The van der Waals surface area contributed by atoms with E-state index in [0.29, 0.717) is 0 Å². The Morgan fingerprint density at radius 3 is 1.83 bits per heavy atom. The molecule has 0 spiro atoms. The maximum absolute atomic E-state index is 5.52. The lowest BCUT2D eigenvalue weighted by molar-refractivity contribution is 0.415. The maximum Gasteiger partial charge on any atom is 0.118 e. The van der Waals surface area contributed by atoms with Crippen LogP contribution in [0.2, 0.25) is 0 Å². The van der Waals surface area contributed by atoms with Gasteiger partial charge in [-0.2, -0.15) is 0 Å². The first-order chi connectivity index (χ1) is 19.5. The highest BCUT2D eigenvalue weighted by Crippen LogP contribution is 2.48. The van der Waals surface area contributed by atoms with E-state index in [0.717, 1.165) is 5.75 Å². The predicted molar refractivity (Wildman–Crippen MR) is 187 cm³/mol. The molecular weight excluding hydrogens is 611 g/mol. The Kier molecular flexibility index (Phi) is 5.86. The van der Waals surface area contributed by atoms with Crippen LogP contribution in [0.3, 0.4) is 0 Å². The molecule has 7 aromatic rings. The second-order valence-electron chi connectivity index (χ2n) is 13.5. The van der Waals surface area contributed by atoms with Crippen molar-refractivity contribution in [1.82, 2.24) is 0 Å². The van der Waals surface area contributed by atoms with Gasteiger partial charge in [0.1, 0.15) is 5.75 Å². The van der Waals surface area contributed by atoms with Crippen molar-refractivity contribution < 1.29 is 4.74 Å². The van der Waals surface area contributed by atoms with Gasteiger partial charge in [-0.05, 0) is 128 Å². The number of methoxy groups -OCH3 is 1. The molecule has 0 bridgehead atoms. The van der Waals surface area contributed by atoms with E-state index in [9.17, 15) is 0 Å². The molecule has 41 heavy (non-hydrogen) atoms. The average molecular weight is 647 g/mol. The monoisotopic (exact) mass is 646 g/mol. The molecule has 0 fully saturated rings. The van der Waals surface area contributed by atoms with Crippen LogP contribution in [0, 0.1) is 3.57 Å². The van der Waals surface area contributed by atoms with Gasteiger partial charge in [-0.1, -0.05) is 102 Å². The van der Waals surface area contributed by atoms with Crippen LogP contribution in [-0.4, -0.2) is 7.11 Å². The third-order valence-electron chi connectivity index (χ3n) is 8.87. The molecule has 0 aliphatic carbocycles. The zero-order valence-electron chi connectivity index (χ0n) is 24.9. The van der Waals surface area contributed by atoms with Gasteiger partial charge in [0, 0.05) is 9.13 Å². The lowest BCUT2D eigenvalue weighted by Crippen LogP contribution is -2.11. The minimum absolute atomic E-state index is 0.0597. The Hall–Kier alpha value is -3.37. The molecule has 0 atom stereocenters. The summed E-state index contributed by atoms with van der Waals surface area (Å²) in [5, 5.41) is 13.3. The van der Waals surface area contributed by atoms with Gasteiger partial charge in [-0.25, -0.2) is 0 Å². The first-order valence-electron chi connectivity index (χ1n) is 14.4. The lowest BCUT2D eigenvalue weighted by atomic mass is 9.81. The second kappa shape index (κ2) is 9.06. The van der Waals surface area contributed by atoms with Gasteiger partial charge in [0.15, 0.2) is 0 Å². The van der Waals surface area contributed by atoms with Gasteiger partial charge >= 0.3 is 0 Å². The number of hydrogen-bond acceptors (Lipinski definition) is 1. The summed E-state index contributed by atoms with van der Waals surface area (Å²) in [6, 6.07) is 32.2. The quantitative estimate of drug-likeness (QED) is 0.103. The summed E-state index contributed by atoms with van der Waals surface area (Å²) in [5.41, 5.74) is 5.39. The van der Waals surface area contributed by atoms with Crippen molar-refractivity contribution in [1.29, 1.82) is 0 Å². The zero-order chi connectivity index (χ0) is 28.8. The van der Waals surface area contributed by atoms with E-state index >= 15 is 0 Å². The van der Waals surface area contributed by atoms with Crippen molar-refractivity contribution in [3.63, 3.8) is 0 Å². The number of halogens is 1. The van der Waals surface area contributed by atoms with E-state index in [4.69, 9.17) is 4.74 Å². The highest BCUT2D eigenvalue weighted by molar-refractivity contribution is 14.1. The van der Waals surface area contributed by atoms with Gasteiger partial charge in [0.25, 0.3) is 0 Å². The van der Waals surface area contributed by atoms with Gasteiger partial charge in [-0.15, -0.1) is 0 Å². The molecule has 2 heteroatoms. The highest BCUT2D eigenvalue weighted by Gasteiger charge is 2.23. The Balaban J connectivity index is 1.71. The molecule has 0 N–H and O–H groups in total. The first kappa shape index (κ1) is 26.5. The summed E-state index contributed by atoms with van der Waals surface area (Å²) < 4.78 is 6.83. The average Bonchev–Trinajstić information content (AvgIpc) is 2.94. The predicted octanol–water partition coefficient (Wildman–Crippen LogP) is 11.8. The van der Waals surface area contributed by atoms with Crippen LogP contribution < -0.4 is 4.74 Å². The van der Waals surface area contributed by atoms with Crippen molar-refractivity contribution in [2.75, 3.05) is 7.11 Å². The Bertz CT molecular complexity index is 2140. The van der Waals surface area contributed by atoms with E-state index in [2.05, 4.69) is 149 Å². The summed E-state index contributed by atoms with van der Waals surface area (Å²) in [7, 11) is 1.73. The van der Waals surface area contributed by atoms with E-state index in [1.54, 1.807) is 7.11 Å². The second-order valence-corrected chi connectivity index (χ2v) is 14.6. The zero-order valence-corrected chi connectivity index (χ0v) is 27.0. The molecule has 0 saturated carbocycles. The van der Waals surface area contributed by atoms with Crippen LogP contribution >= 0.6 is 22.6 Å². The van der Waals surface area contributed by atoms with E-state index in [1.165, 1.54) is 79.7 Å². The van der Waals surface area contributed by atoms with Crippen LogP contribution in [-0.2, 0) is 10.8 Å². The first-order valence-corrected chi connectivity index (χ1v) is 15.5. The third-order valence-corrected chi connectivity index (χ3v) is 9.99. The Morgan fingerprint density at radius 2 is 1.15 bits per heavy atom. The molecule has 0 amide bonds. The molecule has 0 saturated heterocycles. The summed E-state index contributed by atoms with van der Waals surface area (Å²) in [5.74, 6) is 0.877. The molecule has 0 radical (unpaired) electrons. The van der Waals surface area contributed by atoms with Gasteiger partial charge in [0.2, 0.25) is 0 Å². The minimum atomic E-state index is 0.0597. The third kappa shape index (κ3) is 4.09. The molecule has 7 rings (SSSR count). The van der Waals surface area contributed by atoms with Crippen LogP contribution in [0.1, 0.15) is 52.7 Å². The van der Waals surface area contributed by atoms with Crippen molar-refractivity contribution in [3.8, 4) is 16.9 Å². The number of ether oxygens (including phenoxy) is 1. The molecule has 0 unspecified atom stereocenters. The van der Waals surface area contributed by atoms with E-state index in [1.807, 2.05) is 0 Å². The fourth-order valence-corrected chi connectivity index (χ4v) is 7.51. The molecule has 0 heterocycles. The minimum Gasteiger partial charge on any atom is -0.497 e. The fourth-order valence-electron chi connectivity index (χ4n) is 6.48. The Labute approximate surface area is 256 Å². The van der Waals surface area contributed by atoms with E-state index < -0.39 is 0 Å². The largest absolute Gasteiger partial charge is 0.497 e. The summed E-state index contributed by atoms with van der Waals surface area (Å²) >= 11 is 2.61. The number of benzene rings is 7. The molecule has 0 aliphatic heterocycles. The molecule has 0 aliphatic rings. The van der Waals surface area contributed by atoms with Crippen molar-refractivity contribution in [2.24, 2.45) is 0 Å². The van der Waals surface area contributed by atoms with Gasteiger partial charge < -0.3 is 4.74 Å². The van der Waals surface area contributed by atoms with E-state index in [-0.39, 0.29) is 10.8 Å². The SMILES string of the molecule is COc1ccc(-c2c(I)c3cc(C(C)(C)C)cc4ccc5c6ccc7ccc(C(C)(C)C)cc7c6cc2c5c43)cc1. The van der Waals surface area contributed by atoms with Crippen molar-refractivity contribution in [2.45, 2.75) is 52.4 Å². The fraction of sp³-hybridized carbons (Fsp3) is 0.231. The van der Waals surface area contributed by atoms with Crippen molar-refractivity contribution >= 4 is 76.5 Å². The molecule has 0 aromatic heterocycles. The topological polar surface area (TPSA) is 9.23 Å². The standard InChI is InChI=1S/C39H35IO/c1-38(2,3)25-13-8-22-11-16-28-29-17-12-24-18-26(39(4,5)6)20-33-34(24)36(29)32(21-31(28)30(22)19-25)35(37(33)40)23-9-14-27(41-7)15-10-23/h8-21H,1-7H3. The normalized spacial score (nSPS) is 12.9. The number of fused-ring (bicyclic) bond motifs is 4. The van der Waals surface area contributed by atoms with Crippen LogP contribution in [0.5, 0.6) is 5.75 Å². The molecular formula is C39H35IO. The molecule has 7 aromatic carbocycles. The lowest BCUT2D eigenvalue weighted by Gasteiger charge is -2.24. The summed E-state index contributed by atoms with van der Waals surface area (Å²) in [6.07, 6.45) is 0. The van der Waals surface area contributed by atoms with Gasteiger partial charge in [-0.3, -0.25) is 0 Å². The van der Waals surface area contributed by atoms with Crippen LogP contribution in [0.15, 0.2) is 84.9 Å². The smallest absolute Gasteiger partial charge is 0.118 e. The number of rotatable bonds is 2. The number of hydrogen-bond donors (Lipinski definition) is 0. The maximum atomic E-state index is 5.52. The molecule has 204 valence electrons. The highest BCUT2D eigenvalue weighted by atomic mass is 127. The molecule has 1 nitrogen and oxygen atoms in total.